The standard InChI is InChI=1S/C16H27NO2S/c1-12-11-13(7-8-14(12)18)9-10-16(5,6)17-20(19)15(2,3)4/h7-8,11,17-18H,9-10H2,1-6H3/t20-/m1/s1. The van der Waals surface area contributed by atoms with Crippen LogP contribution < -0.4 is 4.72 Å². The van der Waals surface area contributed by atoms with Crippen LogP contribution in [0.1, 0.15) is 52.2 Å². The van der Waals surface area contributed by atoms with E-state index >= 15 is 0 Å². The van der Waals surface area contributed by atoms with E-state index in [-0.39, 0.29) is 10.3 Å². The summed E-state index contributed by atoms with van der Waals surface area (Å²) in [7, 11) is 0. The maximum absolute atomic E-state index is 12.2. The van der Waals surface area contributed by atoms with Crippen molar-refractivity contribution in [3.05, 3.63) is 29.3 Å². The number of aromatic hydroxyl groups is 1. The quantitative estimate of drug-likeness (QED) is 0.818. The zero-order valence-corrected chi connectivity index (χ0v) is 14.2. The Morgan fingerprint density at radius 3 is 2.30 bits per heavy atom. The molecule has 4 heteroatoms. The van der Waals surface area contributed by atoms with Gasteiger partial charge in [-0.25, -0.2) is 0 Å². The second-order valence-electron chi connectivity index (χ2n) is 6.99. The Labute approximate surface area is 126 Å². The molecule has 0 spiro atoms. The van der Waals surface area contributed by atoms with Crippen molar-refractivity contribution >= 4 is 11.4 Å². The fourth-order valence-corrected chi connectivity index (χ4v) is 2.70. The average Bonchev–Trinajstić information content (AvgIpc) is 2.29. The van der Waals surface area contributed by atoms with Crippen LogP contribution in [0, 0.1) is 6.92 Å². The van der Waals surface area contributed by atoms with Crippen molar-refractivity contribution in [2.24, 2.45) is 0 Å². The molecule has 0 aliphatic carbocycles. The molecule has 0 heterocycles. The first-order valence-electron chi connectivity index (χ1n) is 6.99. The molecule has 0 amide bonds. The zero-order chi connectivity index (χ0) is 15.6. The molecule has 0 fully saturated rings. The molecular formula is C16H27NO2S. The third kappa shape index (κ3) is 5.35. The first-order valence-corrected chi connectivity index (χ1v) is 8.14. The molecule has 0 aliphatic heterocycles. The van der Waals surface area contributed by atoms with Gasteiger partial charge in [-0.15, -0.1) is 4.72 Å². The average molecular weight is 297 g/mol. The summed E-state index contributed by atoms with van der Waals surface area (Å²) in [6.07, 6.45) is 1.78. The summed E-state index contributed by atoms with van der Waals surface area (Å²) in [5.74, 6) is 0.333. The first kappa shape index (κ1) is 17.3. The molecule has 3 nitrogen and oxygen atoms in total. The number of aryl methyl sites for hydroxylation is 2. The second-order valence-corrected chi connectivity index (χ2v) is 8.95. The molecule has 1 atom stereocenters. The van der Waals surface area contributed by atoms with Gasteiger partial charge in [-0.1, -0.05) is 12.1 Å². The Morgan fingerprint density at radius 1 is 1.20 bits per heavy atom. The summed E-state index contributed by atoms with van der Waals surface area (Å²) in [6.45, 7) is 11.9. The highest BCUT2D eigenvalue weighted by Gasteiger charge is 2.32. The van der Waals surface area contributed by atoms with Gasteiger partial charge in [0.25, 0.3) is 0 Å². The van der Waals surface area contributed by atoms with Crippen LogP contribution in [0.15, 0.2) is 18.2 Å². The summed E-state index contributed by atoms with van der Waals surface area (Å²) in [5, 5.41) is 9.53. The lowest BCUT2D eigenvalue weighted by atomic mass is 9.96. The zero-order valence-electron chi connectivity index (χ0n) is 13.4. The van der Waals surface area contributed by atoms with Crippen molar-refractivity contribution in [3.8, 4) is 5.75 Å². The summed E-state index contributed by atoms with van der Waals surface area (Å²) in [5.41, 5.74) is 1.90. The largest absolute Gasteiger partial charge is 0.598 e. The van der Waals surface area contributed by atoms with E-state index in [1.165, 1.54) is 5.56 Å². The van der Waals surface area contributed by atoms with Gasteiger partial charge < -0.3 is 9.66 Å². The molecule has 0 aromatic heterocycles. The molecule has 114 valence electrons. The molecule has 0 bridgehead atoms. The summed E-state index contributed by atoms with van der Waals surface area (Å²) >= 11 is -1.06. The molecule has 1 aromatic carbocycles. The molecule has 1 rings (SSSR count). The van der Waals surface area contributed by atoms with Gasteiger partial charge in [0, 0.05) is 11.4 Å². The lowest BCUT2D eigenvalue weighted by Gasteiger charge is -2.32. The van der Waals surface area contributed by atoms with E-state index < -0.39 is 11.4 Å². The van der Waals surface area contributed by atoms with Gasteiger partial charge in [0.1, 0.15) is 10.5 Å². The predicted octanol–water partition coefficient (Wildman–Crippen LogP) is 3.46. The van der Waals surface area contributed by atoms with E-state index in [1.807, 2.05) is 39.8 Å². The summed E-state index contributed by atoms with van der Waals surface area (Å²) in [6, 6.07) is 5.68. The topological polar surface area (TPSA) is 55.3 Å². The number of phenols is 1. The van der Waals surface area contributed by atoms with Gasteiger partial charge >= 0.3 is 0 Å². The van der Waals surface area contributed by atoms with Crippen LogP contribution in [-0.2, 0) is 17.8 Å². The third-order valence-corrected chi connectivity index (χ3v) is 5.08. The highest BCUT2D eigenvalue weighted by molar-refractivity contribution is 7.90. The number of nitrogens with one attached hydrogen (secondary N) is 1. The van der Waals surface area contributed by atoms with Gasteiger partial charge in [-0.2, -0.15) is 0 Å². The Hall–Kier alpha value is -0.710. The van der Waals surface area contributed by atoms with E-state index in [2.05, 4.69) is 18.6 Å². The molecule has 2 N–H and O–H groups in total. The van der Waals surface area contributed by atoms with Crippen LogP contribution in [0.5, 0.6) is 5.75 Å². The highest BCUT2D eigenvalue weighted by atomic mass is 32.2. The van der Waals surface area contributed by atoms with Crippen LogP contribution in [0.4, 0.5) is 0 Å². The van der Waals surface area contributed by atoms with Crippen molar-refractivity contribution in [1.29, 1.82) is 0 Å². The first-order chi connectivity index (χ1) is 9.01. The van der Waals surface area contributed by atoms with Crippen molar-refractivity contribution in [2.75, 3.05) is 0 Å². The number of benzene rings is 1. The second kappa shape index (κ2) is 6.37. The van der Waals surface area contributed by atoms with Crippen LogP contribution >= 0.6 is 0 Å². The Balaban J connectivity index is 2.60. The number of hydrogen-bond acceptors (Lipinski definition) is 3. The lowest BCUT2D eigenvalue weighted by Crippen LogP contribution is -2.50. The molecular weight excluding hydrogens is 270 g/mol. The maximum Gasteiger partial charge on any atom is 0.136 e. The number of hydrogen-bond donors (Lipinski definition) is 2. The van der Waals surface area contributed by atoms with Gasteiger partial charge in [0.05, 0.1) is 5.54 Å². The fourth-order valence-electron chi connectivity index (χ4n) is 1.78. The van der Waals surface area contributed by atoms with Gasteiger partial charge in [0.15, 0.2) is 0 Å². The molecule has 1 aromatic rings. The highest BCUT2D eigenvalue weighted by Crippen LogP contribution is 2.22. The van der Waals surface area contributed by atoms with Gasteiger partial charge in [0.2, 0.25) is 0 Å². The molecule has 0 saturated heterocycles. The van der Waals surface area contributed by atoms with Crippen molar-refractivity contribution < 1.29 is 9.66 Å². The van der Waals surface area contributed by atoms with Crippen LogP contribution in [-0.4, -0.2) is 19.9 Å². The lowest BCUT2D eigenvalue weighted by molar-refractivity contribution is 0.413. The van der Waals surface area contributed by atoms with Gasteiger partial charge in [-0.05, 0) is 71.6 Å². The van der Waals surface area contributed by atoms with E-state index in [9.17, 15) is 9.66 Å². The maximum atomic E-state index is 12.2. The molecule has 0 saturated carbocycles. The predicted molar refractivity (Wildman–Crippen MR) is 86.3 cm³/mol. The third-order valence-electron chi connectivity index (χ3n) is 3.23. The minimum atomic E-state index is -1.06. The normalized spacial score (nSPS) is 14.3. The Kier molecular flexibility index (Phi) is 5.53. The summed E-state index contributed by atoms with van der Waals surface area (Å²) in [4.78, 5) is 0. The van der Waals surface area contributed by atoms with Crippen LogP contribution in [0.25, 0.3) is 0 Å². The molecule has 0 unspecified atom stereocenters. The molecule has 0 radical (unpaired) electrons. The number of phenolic OH excluding ortho intramolecular Hbond substituents is 1. The van der Waals surface area contributed by atoms with Crippen molar-refractivity contribution in [1.82, 2.24) is 4.72 Å². The van der Waals surface area contributed by atoms with E-state index in [0.29, 0.717) is 5.75 Å². The number of rotatable bonds is 5. The minimum Gasteiger partial charge on any atom is -0.598 e. The van der Waals surface area contributed by atoms with E-state index in [4.69, 9.17) is 0 Å². The van der Waals surface area contributed by atoms with E-state index in [1.54, 1.807) is 6.07 Å². The fraction of sp³-hybridized carbons (Fsp3) is 0.625. The van der Waals surface area contributed by atoms with Crippen molar-refractivity contribution in [2.45, 2.75) is 64.7 Å². The SMILES string of the molecule is Cc1cc(CCC(C)(C)N[S@+]([O-])C(C)(C)C)ccc1O. The van der Waals surface area contributed by atoms with E-state index in [0.717, 1.165) is 18.4 Å². The van der Waals surface area contributed by atoms with Crippen LogP contribution in [0.2, 0.25) is 0 Å². The Bertz CT molecular complexity index is 452. The summed E-state index contributed by atoms with van der Waals surface area (Å²) < 4.78 is 15.1. The monoisotopic (exact) mass is 297 g/mol. The minimum absolute atomic E-state index is 0.191. The van der Waals surface area contributed by atoms with Crippen LogP contribution in [0.3, 0.4) is 0 Å². The van der Waals surface area contributed by atoms with Crippen molar-refractivity contribution in [3.63, 3.8) is 0 Å². The smallest absolute Gasteiger partial charge is 0.136 e. The molecule has 20 heavy (non-hydrogen) atoms. The van der Waals surface area contributed by atoms with Gasteiger partial charge in [-0.3, -0.25) is 0 Å². The Morgan fingerprint density at radius 2 is 1.80 bits per heavy atom. The molecule has 0 aliphatic rings.